The molecule has 1 aromatic heterocycles. The van der Waals surface area contributed by atoms with Crippen LogP contribution in [0.2, 0.25) is 5.02 Å². The van der Waals surface area contributed by atoms with Gasteiger partial charge < -0.3 is 18.6 Å². The Morgan fingerprint density at radius 3 is 2.69 bits per heavy atom. The van der Waals surface area contributed by atoms with Gasteiger partial charge in [-0.1, -0.05) is 25.4 Å². The Hall–Kier alpha value is -2.21. The smallest absolute Gasteiger partial charge is 0.249 e. The van der Waals surface area contributed by atoms with E-state index in [1.54, 1.807) is 0 Å². The van der Waals surface area contributed by atoms with Gasteiger partial charge in [-0.2, -0.15) is 0 Å². The first-order chi connectivity index (χ1) is 14.0. The van der Waals surface area contributed by atoms with Gasteiger partial charge in [0, 0.05) is 24.3 Å². The van der Waals surface area contributed by atoms with Crippen LogP contribution in [0.4, 0.5) is 0 Å². The summed E-state index contributed by atoms with van der Waals surface area (Å²) >= 11 is 6.82. The average molecular weight is 419 g/mol. The first-order valence-corrected chi connectivity index (χ1v) is 10.7. The Labute approximate surface area is 176 Å². The summed E-state index contributed by atoms with van der Waals surface area (Å²) in [7, 11) is 0. The molecule has 2 aromatic rings. The van der Waals surface area contributed by atoms with Crippen molar-refractivity contribution < 1.29 is 18.6 Å². The van der Waals surface area contributed by atoms with Gasteiger partial charge >= 0.3 is 0 Å². The van der Waals surface area contributed by atoms with E-state index >= 15 is 0 Å². The maximum absolute atomic E-state index is 6.82. The van der Waals surface area contributed by atoms with Gasteiger partial charge in [0.25, 0.3) is 0 Å². The van der Waals surface area contributed by atoms with Crippen molar-refractivity contribution in [2.75, 3.05) is 13.2 Å². The molecule has 0 bridgehead atoms. The Kier molecular flexibility index (Phi) is 5.47. The number of hydrogen-bond donors (Lipinski definition) is 0. The third-order valence-corrected chi connectivity index (χ3v) is 6.12. The molecule has 1 spiro atoms. The molecule has 6 nitrogen and oxygen atoms in total. The van der Waals surface area contributed by atoms with E-state index in [1.807, 2.05) is 26.8 Å². The molecule has 0 fully saturated rings. The summed E-state index contributed by atoms with van der Waals surface area (Å²) in [5, 5.41) is 8.70. The van der Waals surface area contributed by atoms with E-state index in [4.69, 9.17) is 30.2 Å². The highest BCUT2D eigenvalue weighted by Gasteiger charge is 2.52. The fourth-order valence-corrected chi connectivity index (χ4v) is 4.50. The van der Waals surface area contributed by atoms with E-state index in [9.17, 15) is 0 Å². The van der Waals surface area contributed by atoms with Crippen LogP contribution in [0.5, 0.6) is 11.5 Å². The predicted molar refractivity (Wildman–Crippen MR) is 110 cm³/mol. The molecule has 2 atom stereocenters. The lowest BCUT2D eigenvalue weighted by Crippen LogP contribution is -2.46. The molecule has 1 aliphatic heterocycles. The molecule has 0 saturated carbocycles. The molecule has 2 heterocycles. The van der Waals surface area contributed by atoms with Gasteiger partial charge in [0.15, 0.2) is 5.60 Å². The molecule has 7 heteroatoms. The molecule has 1 aliphatic carbocycles. The lowest BCUT2D eigenvalue weighted by Gasteiger charge is -2.39. The number of aromatic nitrogens is 2. The number of benzene rings is 1. The zero-order valence-electron chi connectivity index (χ0n) is 17.4. The van der Waals surface area contributed by atoms with Gasteiger partial charge in [-0.15, -0.1) is 10.2 Å². The quantitative estimate of drug-likeness (QED) is 0.627. The number of ether oxygens (including phenoxy) is 3. The molecule has 0 amide bonds. The first-order valence-electron chi connectivity index (χ1n) is 10.4. The van der Waals surface area contributed by atoms with Crippen molar-refractivity contribution in [3.63, 3.8) is 0 Å². The largest absolute Gasteiger partial charge is 0.494 e. The van der Waals surface area contributed by atoms with Crippen molar-refractivity contribution in [3.05, 3.63) is 34.4 Å². The van der Waals surface area contributed by atoms with Gasteiger partial charge in [0.1, 0.15) is 17.3 Å². The highest BCUT2D eigenvalue weighted by atomic mass is 35.5. The molecule has 156 valence electrons. The van der Waals surface area contributed by atoms with Crippen molar-refractivity contribution >= 4 is 11.6 Å². The van der Waals surface area contributed by atoms with Gasteiger partial charge in [-0.3, -0.25) is 0 Å². The Bertz CT molecular complexity index is 939. The zero-order valence-corrected chi connectivity index (χ0v) is 18.1. The van der Waals surface area contributed by atoms with E-state index in [0.29, 0.717) is 54.2 Å². The van der Waals surface area contributed by atoms with Crippen LogP contribution >= 0.6 is 11.6 Å². The minimum atomic E-state index is -0.561. The zero-order chi connectivity index (χ0) is 20.6. The SMILES string of the molecule is CCOC1=CCC[C@@H](C)[C@@]12Cc1c(OCC)cc(-c3nnc(CC)o3)c(Cl)c1O2. The molecule has 2 aliphatic rings. The van der Waals surface area contributed by atoms with Crippen LogP contribution in [0.15, 0.2) is 22.3 Å². The summed E-state index contributed by atoms with van der Waals surface area (Å²) < 4.78 is 24.4. The number of hydrogen-bond acceptors (Lipinski definition) is 6. The molecule has 0 N–H and O–H groups in total. The number of aryl methyl sites for hydroxylation is 1. The van der Waals surface area contributed by atoms with Crippen LogP contribution in [0.25, 0.3) is 11.5 Å². The van der Waals surface area contributed by atoms with E-state index in [-0.39, 0.29) is 5.92 Å². The van der Waals surface area contributed by atoms with Crippen molar-refractivity contribution in [2.24, 2.45) is 5.92 Å². The molecule has 1 aromatic carbocycles. The third-order valence-electron chi connectivity index (χ3n) is 5.75. The normalized spacial score (nSPS) is 22.9. The Morgan fingerprint density at radius 1 is 1.21 bits per heavy atom. The maximum Gasteiger partial charge on any atom is 0.249 e. The van der Waals surface area contributed by atoms with Gasteiger partial charge in [0.2, 0.25) is 11.8 Å². The van der Waals surface area contributed by atoms with Gasteiger partial charge in [-0.05, 0) is 38.8 Å². The van der Waals surface area contributed by atoms with E-state index < -0.39 is 5.60 Å². The standard InChI is InChI=1S/C22H27ClN2O4/c1-5-18-24-25-21(28-18)14-11-16(26-6-2)15-12-22(29-20(15)19(14)23)13(4)9-8-10-17(22)27-7-3/h10-11,13H,5-9,12H2,1-4H3/t13-,22+/m1/s1. The summed E-state index contributed by atoms with van der Waals surface area (Å²) in [5.74, 6) is 3.48. The fourth-order valence-electron chi connectivity index (χ4n) is 4.21. The lowest BCUT2D eigenvalue weighted by atomic mass is 9.76. The monoisotopic (exact) mass is 418 g/mol. The summed E-state index contributed by atoms with van der Waals surface area (Å²) in [6.07, 6.45) is 5.48. The maximum atomic E-state index is 6.82. The number of halogens is 1. The Morgan fingerprint density at radius 2 is 2.00 bits per heavy atom. The predicted octanol–water partition coefficient (Wildman–Crippen LogP) is 5.38. The van der Waals surface area contributed by atoms with Crippen LogP contribution in [0.1, 0.15) is 52.0 Å². The van der Waals surface area contributed by atoms with Gasteiger partial charge in [-0.25, -0.2) is 0 Å². The number of rotatable bonds is 6. The summed E-state index contributed by atoms with van der Waals surface area (Å²) in [6, 6.07) is 1.89. The molecular weight excluding hydrogens is 392 g/mol. The van der Waals surface area contributed by atoms with Crippen LogP contribution in [-0.2, 0) is 17.6 Å². The highest BCUT2D eigenvalue weighted by Crippen LogP contribution is 2.54. The van der Waals surface area contributed by atoms with Gasteiger partial charge in [0.05, 0.1) is 23.8 Å². The second-order valence-corrected chi connectivity index (χ2v) is 7.86. The minimum absolute atomic E-state index is 0.283. The highest BCUT2D eigenvalue weighted by molar-refractivity contribution is 6.35. The van der Waals surface area contributed by atoms with Crippen LogP contribution in [-0.4, -0.2) is 29.0 Å². The fraction of sp³-hybridized carbons (Fsp3) is 0.545. The van der Waals surface area contributed by atoms with E-state index in [1.165, 1.54) is 0 Å². The average Bonchev–Trinajstić information content (AvgIpc) is 3.34. The second-order valence-electron chi connectivity index (χ2n) is 7.48. The van der Waals surface area contributed by atoms with E-state index in [2.05, 4.69) is 23.2 Å². The molecule has 0 radical (unpaired) electrons. The molecule has 29 heavy (non-hydrogen) atoms. The Balaban J connectivity index is 1.83. The van der Waals surface area contributed by atoms with Crippen LogP contribution in [0.3, 0.4) is 0 Å². The third kappa shape index (κ3) is 3.27. The number of nitrogens with zero attached hydrogens (tertiary/aromatic N) is 2. The number of fused-ring (bicyclic) bond motifs is 1. The van der Waals surface area contributed by atoms with E-state index in [0.717, 1.165) is 29.9 Å². The topological polar surface area (TPSA) is 66.6 Å². The summed E-state index contributed by atoms with van der Waals surface area (Å²) in [5.41, 5.74) is 1.03. The van der Waals surface area contributed by atoms with Crippen molar-refractivity contribution in [2.45, 2.75) is 59.0 Å². The lowest BCUT2D eigenvalue weighted by molar-refractivity contribution is -0.000313. The minimum Gasteiger partial charge on any atom is -0.494 e. The molecule has 0 unspecified atom stereocenters. The summed E-state index contributed by atoms with van der Waals surface area (Å²) in [6.45, 7) is 9.26. The van der Waals surface area contributed by atoms with Crippen molar-refractivity contribution in [1.82, 2.24) is 10.2 Å². The second kappa shape index (κ2) is 7.90. The van der Waals surface area contributed by atoms with Crippen molar-refractivity contribution in [3.8, 4) is 23.0 Å². The van der Waals surface area contributed by atoms with Crippen LogP contribution < -0.4 is 9.47 Å². The molecular formula is C22H27ClN2O4. The summed E-state index contributed by atoms with van der Waals surface area (Å²) in [4.78, 5) is 0. The van der Waals surface area contributed by atoms with Crippen molar-refractivity contribution in [1.29, 1.82) is 0 Å². The number of allylic oxidation sites excluding steroid dienone is 1. The molecule has 4 rings (SSSR count). The first kappa shape index (κ1) is 20.1. The van der Waals surface area contributed by atoms with Crippen LogP contribution in [0, 0.1) is 5.92 Å². The molecule has 0 saturated heterocycles.